The van der Waals surface area contributed by atoms with E-state index in [2.05, 4.69) is 0 Å². The number of hydrogen-bond acceptors (Lipinski definition) is 30. The zero-order valence-corrected chi connectivity index (χ0v) is 51.5. The average Bonchev–Trinajstić information content (AvgIpc) is 4.35. The van der Waals surface area contributed by atoms with Gasteiger partial charge in [0.1, 0.15) is 97.7 Å². The summed E-state index contributed by atoms with van der Waals surface area (Å²) < 4.78 is 109. The van der Waals surface area contributed by atoms with Gasteiger partial charge in [-0.15, -0.1) is 0 Å². The van der Waals surface area contributed by atoms with Gasteiger partial charge in [-0.2, -0.15) is 0 Å². The smallest absolute Gasteiger partial charge is 1.00 e. The molecular formula is C51H95NaO30. The van der Waals surface area contributed by atoms with Gasteiger partial charge in [0.25, 0.3) is 0 Å². The minimum atomic E-state index is -1.60. The van der Waals surface area contributed by atoms with Crippen molar-refractivity contribution in [2.45, 2.75) is 195 Å². The SMILES string of the molecule is CC1(C)OCC(C2OC3OC(C)(C)OC3C2O)O1.COCCOCCOC(C(O)C=O)C(O)C(O)CO.COCCOCCOC1C(C2COC(C)(C)O2)OC2OC(C)(C)OC21.COCCOCCOC1C(O)C(O)OC1C(O)CO.[H-].[Na+]. The van der Waals surface area contributed by atoms with E-state index in [1.807, 2.05) is 41.5 Å². The maximum atomic E-state index is 10.5. The summed E-state index contributed by atoms with van der Waals surface area (Å²) in [5, 5.41) is 84.6. The van der Waals surface area contributed by atoms with Crippen LogP contribution in [-0.4, -0.2) is 319 Å². The molecule has 7 saturated heterocycles. The molecule has 0 spiro atoms. The van der Waals surface area contributed by atoms with Crippen molar-refractivity contribution in [3.05, 3.63) is 0 Å². The number of rotatable bonds is 30. The third-order valence-corrected chi connectivity index (χ3v) is 13.0. The Hall–Kier alpha value is -0.490. The van der Waals surface area contributed by atoms with Crippen molar-refractivity contribution in [2.75, 3.05) is 127 Å². The average molecular weight is 1210 g/mol. The molecule has 7 rings (SSSR count). The predicted octanol–water partition coefficient (Wildman–Crippen LogP) is -6.67. The largest absolute Gasteiger partial charge is 1.00 e. The van der Waals surface area contributed by atoms with E-state index < -0.39 is 122 Å². The monoisotopic (exact) mass is 1210 g/mol. The molecule has 7 fully saturated rings. The Balaban J connectivity index is 0.000000378. The van der Waals surface area contributed by atoms with Crippen LogP contribution in [-0.2, 0) is 99.5 Å². The van der Waals surface area contributed by atoms with E-state index in [-0.39, 0.29) is 94.2 Å². The summed E-state index contributed by atoms with van der Waals surface area (Å²) in [5.41, 5.74) is 0. The van der Waals surface area contributed by atoms with Crippen LogP contribution in [0.1, 0.15) is 56.8 Å². The first-order chi connectivity index (χ1) is 38.3. The normalized spacial score (nSPS) is 34.4. The summed E-state index contributed by atoms with van der Waals surface area (Å²) in [6.45, 7) is 18.7. The van der Waals surface area contributed by atoms with E-state index in [4.69, 9.17) is 105 Å². The van der Waals surface area contributed by atoms with Gasteiger partial charge in [-0.05, 0) is 55.4 Å². The Morgan fingerprint density at radius 1 is 0.524 bits per heavy atom. The Kier molecular flexibility index (Phi) is 34.1. The first-order valence-electron chi connectivity index (χ1n) is 27.1. The minimum absolute atomic E-state index is 0. The van der Waals surface area contributed by atoms with Gasteiger partial charge >= 0.3 is 29.6 Å². The molecule has 0 aromatic heterocycles. The molecule has 7 aliphatic rings. The Morgan fingerprint density at radius 2 is 0.976 bits per heavy atom. The topological polar surface area (TPSA) is 384 Å². The van der Waals surface area contributed by atoms with Crippen LogP contribution in [0.2, 0.25) is 0 Å². The fourth-order valence-corrected chi connectivity index (χ4v) is 9.12. The van der Waals surface area contributed by atoms with Gasteiger partial charge in [-0.1, -0.05) is 0 Å². The van der Waals surface area contributed by atoms with E-state index in [9.17, 15) is 40.5 Å². The number of aliphatic hydroxyl groups is 9. The van der Waals surface area contributed by atoms with Gasteiger partial charge in [0.2, 0.25) is 0 Å². The number of hydrogen-bond donors (Lipinski definition) is 9. The Morgan fingerprint density at radius 3 is 1.43 bits per heavy atom. The van der Waals surface area contributed by atoms with Crippen LogP contribution in [0.25, 0.3) is 0 Å². The number of ether oxygens (including phenoxy) is 20. The molecule has 7 heterocycles. The first-order valence-corrected chi connectivity index (χ1v) is 27.1. The molecule has 30 nitrogen and oxygen atoms in total. The minimum Gasteiger partial charge on any atom is -1.00 e. The van der Waals surface area contributed by atoms with Crippen molar-refractivity contribution < 1.29 is 176 Å². The standard InChI is InChI=1S/C17H30O8.C12H20O6.2C11H22O8.Na.H/c1-16(2)21-10-11(23-16)12-13(20-9-8-19-7-6-18-5)14-15(22-12)25-17(3,4)24-14;1-11(2)14-5-6(16-11)8-7(13)9-10(15-8)18-12(3,4)17-9;1-16-2-3-17-4-5-18-10-8(14)11(15)19-9(10)7(13)6-12;1-17-2-3-18-4-5-19-11(9(15)7-13)10(16)8(14)6-12;;/h11-15H,6-10H2,1-5H3;6-10,13H,5H2,1-4H3;7-15H,2-6H2,1H3;7-12,14-16H,2-6H2,1H3;;/q;;;;+1;-1. The van der Waals surface area contributed by atoms with Crippen molar-refractivity contribution >= 4 is 6.29 Å². The molecule has 0 amide bonds. The zero-order chi connectivity index (χ0) is 60.1. The number of fused-ring (bicyclic) bond motifs is 2. The predicted molar refractivity (Wildman–Crippen MR) is 273 cm³/mol. The summed E-state index contributed by atoms with van der Waals surface area (Å²) >= 11 is 0. The van der Waals surface area contributed by atoms with Crippen LogP contribution in [0.5, 0.6) is 0 Å². The van der Waals surface area contributed by atoms with Crippen LogP contribution in [0, 0.1) is 0 Å². The van der Waals surface area contributed by atoms with Gasteiger partial charge in [0.05, 0.1) is 106 Å². The summed E-state index contributed by atoms with van der Waals surface area (Å²) in [6, 6.07) is 0. The molecular weight excluding hydrogens is 1120 g/mol. The molecule has 19 unspecified atom stereocenters. The molecule has 19 atom stereocenters. The van der Waals surface area contributed by atoms with E-state index in [0.29, 0.717) is 66.1 Å². The number of aliphatic hydroxyl groups excluding tert-OH is 9. The van der Waals surface area contributed by atoms with Gasteiger partial charge in [-0.25, -0.2) is 0 Å². The third kappa shape index (κ3) is 23.8. The molecule has 0 aromatic rings. The summed E-state index contributed by atoms with van der Waals surface area (Å²) in [4.78, 5) is 10.5. The third-order valence-electron chi connectivity index (χ3n) is 13.0. The van der Waals surface area contributed by atoms with Gasteiger partial charge in [0, 0.05) is 21.3 Å². The molecule has 0 aromatic carbocycles. The van der Waals surface area contributed by atoms with Crippen LogP contribution >= 0.6 is 0 Å². The molecule has 0 bridgehead atoms. The molecule has 82 heavy (non-hydrogen) atoms. The number of methoxy groups -OCH3 is 3. The number of carbonyl (C=O) groups excluding carboxylic acids is 1. The molecule has 0 radical (unpaired) electrons. The molecule has 480 valence electrons. The second kappa shape index (κ2) is 36.9. The van der Waals surface area contributed by atoms with E-state index in [1.54, 1.807) is 28.1 Å². The molecule has 0 saturated carbocycles. The number of aldehydes is 1. The van der Waals surface area contributed by atoms with E-state index in [1.165, 1.54) is 7.11 Å². The van der Waals surface area contributed by atoms with Crippen LogP contribution in [0.15, 0.2) is 0 Å². The molecule has 0 aliphatic carbocycles. The molecule has 31 heteroatoms. The van der Waals surface area contributed by atoms with E-state index >= 15 is 0 Å². The van der Waals surface area contributed by atoms with Crippen LogP contribution in [0.3, 0.4) is 0 Å². The zero-order valence-electron chi connectivity index (χ0n) is 50.5. The van der Waals surface area contributed by atoms with Crippen LogP contribution < -0.4 is 29.6 Å². The molecule has 9 N–H and O–H groups in total. The van der Waals surface area contributed by atoms with Gasteiger partial charge < -0.3 is 147 Å². The first kappa shape index (κ1) is 75.8. The Bertz CT molecular complexity index is 1730. The maximum Gasteiger partial charge on any atom is 1.00 e. The van der Waals surface area contributed by atoms with E-state index in [0.717, 1.165) is 0 Å². The van der Waals surface area contributed by atoms with Gasteiger partial charge in [-0.3, -0.25) is 0 Å². The fourth-order valence-electron chi connectivity index (χ4n) is 9.12. The Labute approximate surface area is 502 Å². The van der Waals surface area contributed by atoms with Crippen LogP contribution in [0.4, 0.5) is 0 Å². The maximum absolute atomic E-state index is 10.5. The van der Waals surface area contributed by atoms with Crippen molar-refractivity contribution in [2.24, 2.45) is 0 Å². The van der Waals surface area contributed by atoms with Crippen molar-refractivity contribution in [3.8, 4) is 0 Å². The fraction of sp³-hybridized carbons (Fsp3) is 0.980. The second-order valence-electron chi connectivity index (χ2n) is 21.3. The van der Waals surface area contributed by atoms with Gasteiger partial charge in [0.15, 0.2) is 48.3 Å². The number of carbonyl (C=O) groups is 1. The van der Waals surface area contributed by atoms with Crippen molar-refractivity contribution in [3.63, 3.8) is 0 Å². The second-order valence-corrected chi connectivity index (χ2v) is 21.3. The summed E-state index contributed by atoms with van der Waals surface area (Å²) in [7, 11) is 4.74. The molecule has 7 aliphatic heterocycles. The summed E-state index contributed by atoms with van der Waals surface area (Å²) in [6.07, 6.45) is -15.8. The quantitative estimate of drug-likeness (QED) is 0.0183. The summed E-state index contributed by atoms with van der Waals surface area (Å²) in [5.74, 6) is -2.66. The van der Waals surface area contributed by atoms with Crippen molar-refractivity contribution in [1.29, 1.82) is 0 Å². The van der Waals surface area contributed by atoms with Crippen molar-refractivity contribution in [1.82, 2.24) is 0 Å².